The van der Waals surface area contributed by atoms with E-state index in [1.54, 1.807) is 0 Å². The van der Waals surface area contributed by atoms with Gasteiger partial charge in [-0.05, 0) is 13.8 Å². The van der Waals surface area contributed by atoms with Crippen molar-refractivity contribution in [3.05, 3.63) is 11.8 Å². The fourth-order valence-corrected chi connectivity index (χ4v) is 0.723. The van der Waals surface area contributed by atoms with Gasteiger partial charge < -0.3 is 10.3 Å². The minimum absolute atomic E-state index is 0.0488. The molecule has 0 bridgehead atoms. The van der Waals surface area contributed by atoms with Gasteiger partial charge in [0.15, 0.2) is 11.6 Å². The number of rotatable bonds is 1. The zero-order valence-corrected chi connectivity index (χ0v) is 7.14. The Labute approximate surface area is 72.7 Å². The average Bonchev–Trinajstić information content (AvgIpc) is 2.33. The molecule has 6 heteroatoms. The standard InChI is InChI=1S/C7H9F3N2O/c1-6(2,7(8,9)10)4-3-5(11)12-13-4/h3H,1-2H3,(H2,11,12). The lowest BCUT2D eigenvalue weighted by atomic mass is 9.89. The summed E-state index contributed by atoms with van der Waals surface area (Å²) in [5.41, 5.74) is 3.09. The quantitative estimate of drug-likeness (QED) is 0.744. The van der Waals surface area contributed by atoms with Crippen molar-refractivity contribution in [1.29, 1.82) is 0 Å². The number of nitrogens with two attached hydrogens (primary N) is 1. The topological polar surface area (TPSA) is 52.0 Å². The first-order chi connectivity index (χ1) is 5.75. The molecule has 3 nitrogen and oxygen atoms in total. The summed E-state index contributed by atoms with van der Waals surface area (Å²) in [6, 6.07) is 1.08. The number of aromatic nitrogens is 1. The van der Waals surface area contributed by atoms with Crippen LogP contribution in [0.25, 0.3) is 0 Å². The second-order valence-electron chi connectivity index (χ2n) is 3.24. The zero-order chi connectivity index (χ0) is 10.3. The van der Waals surface area contributed by atoms with Crippen molar-refractivity contribution >= 4 is 5.82 Å². The van der Waals surface area contributed by atoms with E-state index in [2.05, 4.69) is 9.68 Å². The van der Waals surface area contributed by atoms with E-state index in [4.69, 9.17) is 5.73 Å². The van der Waals surface area contributed by atoms with E-state index in [9.17, 15) is 13.2 Å². The van der Waals surface area contributed by atoms with Crippen molar-refractivity contribution in [2.45, 2.75) is 25.4 Å². The fraction of sp³-hybridized carbons (Fsp3) is 0.571. The third kappa shape index (κ3) is 1.61. The number of alkyl halides is 3. The zero-order valence-electron chi connectivity index (χ0n) is 7.14. The van der Waals surface area contributed by atoms with Crippen LogP contribution in [0.1, 0.15) is 19.6 Å². The molecule has 0 saturated heterocycles. The molecule has 1 aromatic rings. The lowest BCUT2D eigenvalue weighted by molar-refractivity contribution is -0.185. The van der Waals surface area contributed by atoms with Crippen molar-refractivity contribution in [3.63, 3.8) is 0 Å². The fourth-order valence-electron chi connectivity index (χ4n) is 0.723. The summed E-state index contributed by atoms with van der Waals surface area (Å²) in [4.78, 5) is 0. The van der Waals surface area contributed by atoms with E-state index in [0.717, 1.165) is 19.9 Å². The molecule has 1 heterocycles. The molecule has 74 valence electrons. The van der Waals surface area contributed by atoms with Gasteiger partial charge in [-0.3, -0.25) is 0 Å². The lowest BCUT2D eigenvalue weighted by Crippen LogP contribution is -2.35. The number of anilines is 1. The monoisotopic (exact) mass is 194 g/mol. The van der Waals surface area contributed by atoms with Crippen LogP contribution >= 0.6 is 0 Å². The van der Waals surface area contributed by atoms with Gasteiger partial charge in [0.1, 0.15) is 5.41 Å². The SMILES string of the molecule is CC(C)(c1cc(N)no1)C(F)(F)F. The first-order valence-electron chi connectivity index (χ1n) is 3.54. The van der Waals surface area contributed by atoms with E-state index < -0.39 is 11.6 Å². The predicted molar refractivity (Wildman–Crippen MR) is 40.0 cm³/mol. The third-order valence-corrected chi connectivity index (χ3v) is 1.85. The molecule has 0 radical (unpaired) electrons. The second kappa shape index (κ2) is 2.65. The number of nitrogens with zero attached hydrogens (tertiary/aromatic N) is 1. The van der Waals surface area contributed by atoms with Crippen molar-refractivity contribution in [2.24, 2.45) is 0 Å². The number of hydrogen-bond acceptors (Lipinski definition) is 3. The van der Waals surface area contributed by atoms with Crippen LogP contribution in [0, 0.1) is 0 Å². The first kappa shape index (κ1) is 9.88. The van der Waals surface area contributed by atoms with Gasteiger partial charge in [-0.2, -0.15) is 13.2 Å². The van der Waals surface area contributed by atoms with Crippen LogP contribution in [0.4, 0.5) is 19.0 Å². The Hall–Kier alpha value is -1.20. The van der Waals surface area contributed by atoms with Gasteiger partial charge in [-0.1, -0.05) is 5.16 Å². The summed E-state index contributed by atoms with van der Waals surface area (Å²) in [6.45, 7) is 2.01. The highest BCUT2D eigenvalue weighted by molar-refractivity contribution is 5.30. The molecule has 0 aliphatic heterocycles. The minimum Gasteiger partial charge on any atom is -0.381 e. The van der Waals surface area contributed by atoms with Crippen molar-refractivity contribution in [3.8, 4) is 0 Å². The van der Waals surface area contributed by atoms with Crippen molar-refractivity contribution in [1.82, 2.24) is 5.16 Å². The summed E-state index contributed by atoms with van der Waals surface area (Å²) in [6.07, 6.45) is -4.38. The van der Waals surface area contributed by atoms with Crippen molar-refractivity contribution < 1.29 is 17.7 Å². The van der Waals surface area contributed by atoms with Gasteiger partial charge in [0.05, 0.1) is 0 Å². The highest BCUT2D eigenvalue weighted by atomic mass is 19.4. The highest BCUT2D eigenvalue weighted by Gasteiger charge is 2.51. The summed E-state index contributed by atoms with van der Waals surface area (Å²) < 4.78 is 41.7. The van der Waals surface area contributed by atoms with Crippen LogP contribution in [0.5, 0.6) is 0 Å². The molecule has 0 fully saturated rings. The Kier molecular flexibility index (Phi) is 2.01. The van der Waals surface area contributed by atoms with E-state index in [1.807, 2.05) is 0 Å². The highest BCUT2D eigenvalue weighted by Crippen LogP contribution is 2.40. The molecule has 0 aromatic carbocycles. The normalized spacial score (nSPS) is 13.3. The Balaban J connectivity index is 3.07. The minimum atomic E-state index is -4.38. The molecule has 0 spiro atoms. The molecule has 0 amide bonds. The van der Waals surface area contributed by atoms with E-state index in [0.29, 0.717) is 0 Å². The summed E-state index contributed by atoms with van der Waals surface area (Å²) in [7, 11) is 0. The molecule has 1 rings (SSSR count). The van der Waals surface area contributed by atoms with E-state index >= 15 is 0 Å². The van der Waals surface area contributed by atoms with Gasteiger partial charge in [-0.15, -0.1) is 0 Å². The van der Waals surface area contributed by atoms with E-state index in [-0.39, 0.29) is 11.6 Å². The van der Waals surface area contributed by atoms with Crippen LogP contribution < -0.4 is 5.73 Å². The largest absolute Gasteiger partial charge is 0.401 e. The van der Waals surface area contributed by atoms with Gasteiger partial charge >= 0.3 is 6.18 Å². The number of nitrogen functional groups attached to an aromatic ring is 1. The van der Waals surface area contributed by atoms with Crippen LogP contribution in [-0.4, -0.2) is 11.3 Å². The van der Waals surface area contributed by atoms with Crippen LogP contribution in [0.15, 0.2) is 10.6 Å². The second-order valence-corrected chi connectivity index (χ2v) is 3.24. The maximum absolute atomic E-state index is 12.4. The average molecular weight is 194 g/mol. The van der Waals surface area contributed by atoms with Gasteiger partial charge in [0.2, 0.25) is 0 Å². The van der Waals surface area contributed by atoms with Crippen LogP contribution in [-0.2, 0) is 5.41 Å². The Bertz CT molecular complexity index is 303. The molecular formula is C7H9F3N2O. The molecule has 0 atom stereocenters. The van der Waals surface area contributed by atoms with Gasteiger partial charge in [-0.25, -0.2) is 0 Å². The summed E-state index contributed by atoms with van der Waals surface area (Å²) >= 11 is 0. The first-order valence-corrected chi connectivity index (χ1v) is 3.54. The maximum atomic E-state index is 12.4. The smallest absolute Gasteiger partial charge is 0.381 e. The molecule has 13 heavy (non-hydrogen) atoms. The Morgan fingerprint density at radius 1 is 1.38 bits per heavy atom. The molecule has 2 N–H and O–H groups in total. The van der Waals surface area contributed by atoms with E-state index in [1.165, 1.54) is 0 Å². The number of halogens is 3. The van der Waals surface area contributed by atoms with Crippen molar-refractivity contribution in [2.75, 3.05) is 5.73 Å². The molecule has 0 aliphatic carbocycles. The van der Waals surface area contributed by atoms with Crippen LogP contribution in [0.3, 0.4) is 0 Å². The molecule has 0 unspecified atom stereocenters. The van der Waals surface area contributed by atoms with Gasteiger partial charge in [0.25, 0.3) is 0 Å². The number of hydrogen-bond donors (Lipinski definition) is 1. The molecule has 0 aliphatic rings. The lowest BCUT2D eigenvalue weighted by Gasteiger charge is -2.24. The maximum Gasteiger partial charge on any atom is 0.401 e. The third-order valence-electron chi connectivity index (χ3n) is 1.85. The molecule has 1 aromatic heterocycles. The van der Waals surface area contributed by atoms with Gasteiger partial charge in [0, 0.05) is 6.07 Å². The molecular weight excluding hydrogens is 185 g/mol. The predicted octanol–water partition coefficient (Wildman–Crippen LogP) is 2.10. The summed E-state index contributed by atoms with van der Waals surface area (Å²) in [5, 5.41) is 3.20. The van der Waals surface area contributed by atoms with Crippen LogP contribution in [0.2, 0.25) is 0 Å². The molecule has 0 saturated carbocycles. The Morgan fingerprint density at radius 3 is 2.23 bits per heavy atom. The Morgan fingerprint density at radius 2 is 1.92 bits per heavy atom. The summed E-state index contributed by atoms with van der Waals surface area (Å²) in [5.74, 6) is -0.329.